The van der Waals surface area contributed by atoms with Crippen LogP contribution in [0.25, 0.3) is 6.08 Å². The van der Waals surface area contributed by atoms with E-state index in [0.717, 1.165) is 12.8 Å². The number of allylic oxidation sites excluding steroid dienone is 2. The molecule has 120 valence electrons. The van der Waals surface area contributed by atoms with E-state index in [2.05, 4.69) is 0 Å². The van der Waals surface area contributed by atoms with E-state index in [0.29, 0.717) is 12.8 Å². The number of rotatable bonds is 3. The highest BCUT2D eigenvalue weighted by molar-refractivity contribution is 6.15. The third-order valence-electron chi connectivity index (χ3n) is 3.68. The van der Waals surface area contributed by atoms with Crippen molar-refractivity contribution in [2.45, 2.75) is 31.5 Å². The van der Waals surface area contributed by atoms with Gasteiger partial charge in [-0.3, -0.25) is 10.1 Å². The minimum Gasteiger partial charge on any atom is -0.419 e. The molecule has 0 radical (unpaired) electrons. The lowest BCUT2D eigenvalue weighted by Gasteiger charge is -2.32. The number of nitrogens with zero attached hydrogens (tertiary/aromatic N) is 1. The molecular weight excluding hydrogens is 306 g/mol. The fraction of sp³-hybridized carbons (Fsp3) is 0.333. The molecule has 1 aromatic heterocycles. The largest absolute Gasteiger partial charge is 0.433 e. The first-order valence-corrected chi connectivity index (χ1v) is 7.08. The van der Waals surface area contributed by atoms with Crippen LogP contribution in [-0.4, -0.2) is 22.6 Å². The molecule has 0 bridgehead atoms. The highest BCUT2D eigenvalue weighted by Gasteiger charge is 2.47. The van der Waals surface area contributed by atoms with Crippen LogP contribution < -0.4 is 0 Å². The molecular formula is C15H13NO7. The predicted molar refractivity (Wildman–Crippen MR) is 75.9 cm³/mol. The molecule has 0 atom stereocenters. The van der Waals surface area contributed by atoms with Crippen LogP contribution >= 0.6 is 0 Å². The molecule has 1 aliphatic heterocycles. The van der Waals surface area contributed by atoms with Crippen molar-refractivity contribution in [3.8, 4) is 0 Å². The molecule has 2 heterocycles. The first-order valence-electron chi connectivity index (χ1n) is 7.08. The highest BCUT2D eigenvalue weighted by atomic mass is 16.7. The third kappa shape index (κ3) is 3.01. The summed E-state index contributed by atoms with van der Waals surface area (Å²) in [5.41, 5.74) is -0.222. The van der Waals surface area contributed by atoms with Crippen molar-refractivity contribution in [3.05, 3.63) is 45.7 Å². The molecule has 1 saturated heterocycles. The Bertz CT molecular complexity index is 700. The van der Waals surface area contributed by atoms with Gasteiger partial charge in [-0.15, -0.1) is 0 Å². The number of ether oxygens (including phenoxy) is 2. The summed E-state index contributed by atoms with van der Waals surface area (Å²) in [7, 11) is 0. The lowest BCUT2D eigenvalue weighted by molar-refractivity contribution is -0.402. The Hall–Kier alpha value is -2.90. The Balaban J connectivity index is 1.72. The Morgan fingerprint density at radius 2 is 1.78 bits per heavy atom. The summed E-state index contributed by atoms with van der Waals surface area (Å²) in [4.78, 5) is 33.8. The predicted octanol–water partition coefficient (Wildman–Crippen LogP) is 2.50. The van der Waals surface area contributed by atoms with Crippen LogP contribution in [0.3, 0.4) is 0 Å². The second-order valence-electron chi connectivity index (χ2n) is 5.27. The number of esters is 2. The van der Waals surface area contributed by atoms with Gasteiger partial charge in [-0.25, -0.2) is 9.59 Å². The zero-order valence-electron chi connectivity index (χ0n) is 12.0. The van der Waals surface area contributed by atoms with Gasteiger partial charge in [0.05, 0.1) is 6.07 Å². The van der Waals surface area contributed by atoms with Gasteiger partial charge in [0.2, 0.25) is 0 Å². The molecule has 1 saturated carbocycles. The van der Waals surface area contributed by atoms with E-state index in [9.17, 15) is 19.7 Å². The van der Waals surface area contributed by atoms with Crippen molar-refractivity contribution in [1.82, 2.24) is 0 Å². The summed E-state index contributed by atoms with van der Waals surface area (Å²) >= 11 is 0. The molecule has 1 spiro atoms. The molecule has 0 N–H and O–H groups in total. The second kappa shape index (κ2) is 5.71. The van der Waals surface area contributed by atoms with E-state index in [1.54, 1.807) is 0 Å². The van der Waals surface area contributed by atoms with Gasteiger partial charge >= 0.3 is 17.8 Å². The number of nitro groups is 1. The molecule has 3 rings (SSSR count). The molecule has 23 heavy (non-hydrogen) atoms. The Kier molecular flexibility index (Phi) is 3.73. The first kappa shape index (κ1) is 15.0. The maximum absolute atomic E-state index is 12.0. The number of carbonyl (C=O) groups is 2. The molecule has 0 unspecified atom stereocenters. The maximum atomic E-state index is 12.0. The molecule has 0 amide bonds. The van der Waals surface area contributed by atoms with Gasteiger partial charge in [0.15, 0.2) is 0 Å². The van der Waals surface area contributed by atoms with Crippen molar-refractivity contribution in [3.63, 3.8) is 0 Å². The monoisotopic (exact) mass is 319 g/mol. The standard InChI is InChI=1S/C15H13NO7/c17-13-11(14(18)23-15(22-13)8-1-2-9-15)5-3-4-10-6-7-12(21-10)16(19)20/h3-7H,1-2,8-9H2. The molecule has 1 aromatic rings. The van der Waals surface area contributed by atoms with Gasteiger partial charge in [-0.05, 0) is 31.1 Å². The van der Waals surface area contributed by atoms with Crippen LogP contribution in [-0.2, 0) is 19.1 Å². The average molecular weight is 319 g/mol. The third-order valence-corrected chi connectivity index (χ3v) is 3.68. The zero-order valence-corrected chi connectivity index (χ0v) is 12.0. The summed E-state index contributed by atoms with van der Waals surface area (Å²) < 4.78 is 15.4. The van der Waals surface area contributed by atoms with Gasteiger partial charge in [0.1, 0.15) is 16.3 Å². The molecule has 2 fully saturated rings. The first-order chi connectivity index (χ1) is 11.0. The lowest BCUT2D eigenvalue weighted by Crippen LogP contribution is -2.44. The van der Waals surface area contributed by atoms with Crippen LogP contribution in [0.5, 0.6) is 0 Å². The highest BCUT2D eigenvalue weighted by Crippen LogP contribution is 2.38. The minimum absolute atomic E-state index is 0.221. The van der Waals surface area contributed by atoms with Crippen LogP contribution in [0, 0.1) is 10.1 Å². The second-order valence-corrected chi connectivity index (χ2v) is 5.27. The van der Waals surface area contributed by atoms with Crippen LogP contribution in [0.1, 0.15) is 31.4 Å². The number of hydrogen-bond donors (Lipinski definition) is 0. The number of hydrogen-bond acceptors (Lipinski definition) is 7. The van der Waals surface area contributed by atoms with Gasteiger partial charge in [-0.1, -0.05) is 6.08 Å². The average Bonchev–Trinajstić information content (AvgIpc) is 3.12. The molecule has 8 nitrogen and oxygen atoms in total. The molecule has 1 aliphatic carbocycles. The number of furan rings is 1. The Morgan fingerprint density at radius 1 is 1.13 bits per heavy atom. The maximum Gasteiger partial charge on any atom is 0.433 e. The van der Waals surface area contributed by atoms with Crippen molar-refractivity contribution in [2.75, 3.05) is 0 Å². The van der Waals surface area contributed by atoms with E-state index in [-0.39, 0.29) is 11.3 Å². The summed E-state index contributed by atoms with van der Waals surface area (Å²) in [6, 6.07) is 2.61. The number of carbonyl (C=O) groups excluding carboxylic acids is 2. The fourth-order valence-corrected chi connectivity index (χ4v) is 2.57. The van der Waals surface area contributed by atoms with Gasteiger partial charge in [0.25, 0.3) is 5.79 Å². The van der Waals surface area contributed by atoms with Crippen LogP contribution in [0.15, 0.2) is 34.3 Å². The van der Waals surface area contributed by atoms with E-state index in [4.69, 9.17) is 13.9 Å². The minimum atomic E-state index is -1.10. The zero-order chi connectivity index (χ0) is 16.4. The Morgan fingerprint density at radius 3 is 2.35 bits per heavy atom. The fourth-order valence-electron chi connectivity index (χ4n) is 2.57. The van der Waals surface area contributed by atoms with Gasteiger partial charge in [0, 0.05) is 12.8 Å². The van der Waals surface area contributed by atoms with E-state index >= 15 is 0 Å². The van der Waals surface area contributed by atoms with E-state index < -0.39 is 28.5 Å². The lowest BCUT2D eigenvalue weighted by atomic mass is 10.1. The van der Waals surface area contributed by atoms with E-state index in [1.165, 1.54) is 30.4 Å². The normalized spacial score (nSPS) is 19.9. The molecule has 2 aliphatic rings. The van der Waals surface area contributed by atoms with E-state index in [1.807, 2.05) is 0 Å². The van der Waals surface area contributed by atoms with Crippen molar-refractivity contribution >= 4 is 23.9 Å². The van der Waals surface area contributed by atoms with Crippen molar-refractivity contribution in [1.29, 1.82) is 0 Å². The van der Waals surface area contributed by atoms with Crippen molar-refractivity contribution < 1.29 is 28.4 Å². The smallest absolute Gasteiger partial charge is 0.419 e. The van der Waals surface area contributed by atoms with Crippen LogP contribution in [0.2, 0.25) is 0 Å². The van der Waals surface area contributed by atoms with Crippen LogP contribution in [0.4, 0.5) is 5.88 Å². The summed E-state index contributed by atoms with van der Waals surface area (Å²) in [5.74, 6) is -2.72. The summed E-state index contributed by atoms with van der Waals surface area (Å²) in [6.45, 7) is 0. The van der Waals surface area contributed by atoms with Gasteiger partial charge < -0.3 is 13.9 Å². The topological polar surface area (TPSA) is 109 Å². The molecule has 0 aromatic carbocycles. The summed E-state index contributed by atoms with van der Waals surface area (Å²) in [5, 5.41) is 10.5. The SMILES string of the molecule is O=C1OC2(CCCC2)OC(=O)C1=CC=Cc1ccc([N+](=O)[O-])o1. The quantitative estimate of drug-likeness (QED) is 0.277. The molecule has 8 heteroatoms. The summed E-state index contributed by atoms with van der Waals surface area (Å²) in [6.07, 6.45) is 6.72. The Labute approximate surface area is 130 Å². The van der Waals surface area contributed by atoms with Crippen molar-refractivity contribution in [2.24, 2.45) is 0 Å². The van der Waals surface area contributed by atoms with Gasteiger partial charge in [-0.2, -0.15) is 0 Å².